The fraction of sp³-hybridized carbons (Fsp3) is 0.250. The van der Waals surface area contributed by atoms with Gasteiger partial charge in [-0.2, -0.15) is 4.31 Å². The van der Waals surface area contributed by atoms with Crippen LogP contribution in [0.25, 0.3) is 0 Å². The minimum Gasteiger partial charge on any atom is -0.492 e. The zero-order valence-corrected chi connectivity index (χ0v) is 15.1. The zero-order valence-electron chi connectivity index (χ0n) is 12.8. The maximum absolute atomic E-state index is 12.5. The van der Waals surface area contributed by atoms with Crippen molar-refractivity contribution >= 4 is 33.2 Å². The van der Waals surface area contributed by atoms with E-state index in [4.69, 9.17) is 27.9 Å². The third kappa shape index (κ3) is 4.18. The van der Waals surface area contributed by atoms with Crippen LogP contribution in [0.3, 0.4) is 0 Å². The van der Waals surface area contributed by atoms with Crippen LogP contribution in [-0.2, 0) is 10.0 Å². The number of rotatable bonds is 6. The molecular weight excluding hydrogens is 357 g/mol. The fourth-order valence-electron chi connectivity index (χ4n) is 1.97. The number of para-hydroxylation sites is 1. The minimum atomic E-state index is -3.72. The number of aryl methyl sites for hydroxylation is 1. The number of ether oxygens (including phenoxy) is 1. The number of benzene rings is 2. The molecule has 2 aromatic rings. The third-order valence-electron chi connectivity index (χ3n) is 3.36. The molecule has 0 heterocycles. The molecule has 7 heteroatoms. The summed E-state index contributed by atoms with van der Waals surface area (Å²) in [7, 11) is -2.24. The smallest absolute Gasteiger partial charge is 0.244 e. The minimum absolute atomic E-state index is 0.00921. The average molecular weight is 374 g/mol. The molecule has 0 aromatic heterocycles. The Morgan fingerprint density at radius 2 is 1.78 bits per heavy atom. The van der Waals surface area contributed by atoms with Gasteiger partial charge in [-0.1, -0.05) is 47.5 Å². The Morgan fingerprint density at radius 3 is 2.48 bits per heavy atom. The van der Waals surface area contributed by atoms with Crippen LogP contribution >= 0.6 is 23.2 Å². The number of hydrogen-bond donors (Lipinski definition) is 0. The lowest BCUT2D eigenvalue weighted by molar-refractivity contribution is 0.285. The van der Waals surface area contributed by atoms with E-state index in [2.05, 4.69) is 0 Å². The van der Waals surface area contributed by atoms with Crippen molar-refractivity contribution in [3.63, 3.8) is 0 Å². The second kappa shape index (κ2) is 7.53. The van der Waals surface area contributed by atoms with E-state index in [9.17, 15) is 8.42 Å². The molecule has 2 aromatic carbocycles. The molecule has 0 spiro atoms. The Balaban J connectivity index is 2.06. The highest BCUT2D eigenvalue weighted by Gasteiger charge is 2.24. The van der Waals surface area contributed by atoms with Gasteiger partial charge < -0.3 is 4.74 Å². The summed E-state index contributed by atoms with van der Waals surface area (Å²) in [5.41, 5.74) is 0.996. The van der Waals surface area contributed by atoms with Crippen LogP contribution in [0.2, 0.25) is 10.0 Å². The van der Waals surface area contributed by atoms with Crippen molar-refractivity contribution in [3.8, 4) is 5.75 Å². The molecule has 0 saturated heterocycles. The van der Waals surface area contributed by atoms with Gasteiger partial charge in [0.15, 0.2) is 0 Å². The molecule has 0 N–H and O–H groups in total. The van der Waals surface area contributed by atoms with Crippen LogP contribution < -0.4 is 4.74 Å². The zero-order chi connectivity index (χ0) is 17.0. The molecule has 4 nitrogen and oxygen atoms in total. The van der Waals surface area contributed by atoms with E-state index >= 15 is 0 Å². The van der Waals surface area contributed by atoms with Crippen LogP contribution in [0, 0.1) is 6.92 Å². The molecule has 0 radical (unpaired) electrons. The van der Waals surface area contributed by atoms with Crippen molar-refractivity contribution in [3.05, 3.63) is 58.1 Å². The summed E-state index contributed by atoms with van der Waals surface area (Å²) in [4.78, 5) is -0.00921. The highest BCUT2D eigenvalue weighted by atomic mass is 35.5. The summed E-state index contributed by atoms with van der Waals surface area (Å²) in [5.74, 6) is 0.735. The van der Waals surface area contributed by atoms with Gasteiger partial charge in [-0.05, 0) is 30.7 Å². The van der Waals surface area contributed by atoms with Crippen LogP contribution in [0.5, 0.6) is 5.75 Å². The number of likely N-dealkylation sites (N-methyl/N-ethyl adjacent to an activating group) is 1. The van der Waals surface area contributed by atoms with Crippen molar-refractivity contribution < 1.29 is 13.2 Å². The van der Waals surface area contributed by atoms with Crippen molar-refractivity contribution in [2.45, 2.75) is 11.8 Å². The highest BCUT2D eigenvalue weighted by Crippen LogP contribution is 2.30. The quantitative estimate of drug-likeness (QED) is 0.768. The second-order valence-electron chi connectivity index (χ2n) is 4.99. The predicted octanol–water partition coefficient (Wildman–Crippen LogP) is 4.00. The van der Waals surface area contributed by atoms with E-state index in [1.54, 1.807) is 12.1 Å². The SMILES string of the molecule is Cc1ccccc1OCCN(C)S(=O)(=O)c1cccc(Cl)c1Cl. The summed E-state index contributed by atoms with van der Waals surface area (Å²) in [6.45, 7) is 2.36. The first kappa shape index (κ1) is 18.1. The number of hydrogen-bond acceptors (Lipinski definition) is 3. The number of sulfonamides is 1. The topological polar surface area (TPSA) is 46.6 Å². The summed E-state index contributed by atoms with van der Waals surface area (Å²) in [6.07, 6.45) is 0. The van der Waals surface area contributed by atoms with E-state index < -0.39 is 10.0 Å². The normalized spacial score (nSPS) is 11.7. The summed E-state index contributed by atoms with van der Waals surface area (Å²) < 4.78 is 31.9. The van der Waals surface area contributed by atoms with Gasteiger partial charge in [-0.15, -0.1) is 0 Å². The molecular formula is C16H17Cl2NO3S. The van der Waals surface area contributed by atoms with Crippen molar-refractivity contribution in [1.29, 1.82) is 0 Å². The molecule has 0 amide bonds. The number of halogens is 2. The van der Waals surface area contributed by atoms with Gasteiger partial charge >= 0.3 is 0 Å². The third-order valence-corrected chi connectivity index (χ3v) is 6.19. The van der Waals surface area contributed by atoms with Crippen LogP contribution in [0.4, 0.5) is 0 Å². The van der Waals surface area contributed by atoms with Gasteiger partial charge in [-0.25, -0.2) is 8.42 Å². The molecule has 0 aliphatic heterocycles. The van der Waals surface area contributed by atoms with Crippen molar-refractivity contribution in [1.82, 2.24) is 4.31 Å². The maximum atomic E-state index is 12.5. The van der Waals surface area contributed by atoms with Gasteiger partial charge in [-0.3, -0.25) is 0 Å². The monoisotopic (exact) mass is 373 g/mol. The Bertz CT molecular complexity index is 794. The van der Waals surface area contributed by atoms with E-state index in [1.807, 2.05) is 31.2 Å². The first-order chi connectivity index (χ1) is 10.8. The van der Waals surface area contributed by atoms with E-state index in [0.717, 1.165) is 11.3 Å². The van der Waals surface area contributed by atoms with E-state index in [0.29, 0.717) is 0 Å². The standard InChI is InChI=1S/C16H17Cl2NO3S/c1-12-6-3-4-8-14(12)22-11-10-19(2)23(20,21)15-9-5-7-13(17)16(15)18/h3-9H,10-11H2,1-2H3. The molecule has 0 aliphatic rings. The summed E-state index contributed by atoms with van der Waals surface area (Å²) >= 11 is 11.9. The molecule has 0 saturated carbocycles. The first-order valence-corrected chi connectivity index (χ1v) is 9.12. The van der Waals surface area contributed by atoms with Gasteiger partial charge in [0, 0.05) is 13.6 Å². The fourth-order valence-corrected chi connectivity index (χ4v) is 3.86. The number of nitrogens with zero attached hydrogens (tertiary/aromatic N) is 1. The van der Waals surface area contributed by atoms with Crippen LogP contribution in [-0.4, -0.2) is 32.9 Å². The van der Waals surface area contributed by atoms with Crippen LogP contribution in [0.1, 0.15) is 5.56 Å². The Morgan fingerprint density at radius 1 is 1.09 bits per heavy atom. The molecule has 0 fully saturated rings. The van der Waals surface area contributed by atoms with E-state index in [1.165, 1.54) is 17.4 Å². The van der Waals surface area contributed by atoms with Crippen molar-refractivity contribution in [2.24, 2.45) is 0 Å². The lowest BCUT2D eigenvalue weighted by atomic mass is 10.2. The molecule has 124 valence electrons. The maximum Gasteiger partial charge on any atom is 0.244 e. The molecule has 0 bridgehead atoms. The molecule has 23 heavy (non-hydrogen) atoms. The summed E-state index contributed by atoms with van der Waals surface area (Å²) in [5, 5.41) is 0.234. The highest BCUT2D eigenvalue weighted by molar-refractivity contribution is 7.89. The van der Waals surface area contributed by atoms with Gasteiger partial charge in [0.05, 0.1) is 10.0 Å². The lowest BCUT2D eigenvalue weighted by Gasteiger charge is -2.19. The van der Waals surface area contributed by atoms with E-state index in [-0.39, 0.29) is 28.1 Å². The average Bonchev–Trinajstić information content (AvgIpc) is 2.51. The largest absolute Gasteiger partial charge is 0.492 e. The van der Waals surface area contributed by atoms with Crippen molar-refractivity contribution in [2.75, 3.05) is 20.2 Å². The predicted molar refractivity (Wildman–Crippen MR) is 93.0 cm³/mol. The van der Waals surface area contributed by atoms with Crippen LogP contribution in [0.15, 0.2) is 47.4 Å². The van der Waals surface area contributed by atoms with Gasteiger partial charge in [0.1, 0.15) is 17.3 Å². The molecule has 0 aliphatic carbocycles. The Hall–Kier alpha value is -1.27. The lowest BCUT2D eigenvalue weighted by Crippen LogP contribution is -2.31. The Kier molecular flexibility index (Phi) is 5.92. The van der Waals surface area contributed by atoms with Gasteiger partial charge in [0.25, 0.3) is 0 Å². The first-order valence-electron chi connectivity index (χ1n) is 6.93. The molecule has 0 atom stereocenters. The summed E-state index contributed by atoms with van der Waals surface area (Å²) in [6, 6.07) is 12.1. The van der Waals surface area contributed by atoms with Gasteiger partial charge in [0.2, 0.25) is 10.0 Å². The Labute approximate surface area is 146 Å². The second-order valence-corrected chi connectivity index (χ2v) is 7.79. The molecule has 2 rings (SSSR count). The molecule has 0 unspecified atom stereocenters.